The van der Waals surface area contributed by atoms with Gasteiger partial charge in [-0.05, 0) is 6.42 Å². The molecule has 0 saturated carbocycles. The number of nitriles is 1. The van der Waals surface area contributed by atoms with E-state index >= 15 is 0 Å². The van der Waals surface area contributed by atoms with E-state index in [2.05, 4.69) is 6.92 Å². The van der Waals surface area contributed by atoms with Crippen molar-refractivity contribution in [3.63, 3.8) is 0 Å². The average Bonchev–Trinajstić information content (AvgIpc) is 2.09. The van der Waals surface area contributed by atoms with Crippen LogP contribution in [0.15, 0.2) is 0 Å². The van der Waals surface area contributed by atoms with Crippen molar-refractivity contribution in [2.24, 2.45) is 0 Å². The van der Waals surface area contributed by atoms with Crippen LogP contribution in [0.3, 0.4) is 0 Å². The standard InChI is InChI=1S/C9H17NO2S/c1-2-3-4-5-8-13(11,12)9-6-7-10/h2-6,8-9H2,1H3. The first-order valence-electron chi connectivity index (χ1n) is 4.69. The van der Waals surface area contributed by atoms with E-state index in [9.17, 15) is 8.42 Å². The van der Waals surface area contributed by atoms with Crippen molar-refractivity contribution in [1.29, 1.82) is 5.26 Å². The van der Waals surface area contributed by atoms with Crippen LogP contribution in [-0.4, -0.2) is 19.9 Å². The van der Waals surface area contributed by atoms with Crippen molar-refractivity contribution in [2.45, 2.75) is 39.0 Å². The van der Waals surface area contributed by atoms with Crippen molar-refractivity contribution in [1.82, 2.24) is 0 Å². The second-order valence-electron chi connectivity index (χ2n) is 3.12. The highest BCUT2D eigenvalue weighted by Gasteiger charge is 2.08. The molecule has 3 nitrogen and oxygen atoms in total. The Morgan fingerprint density at radius 3 is 2.38 bits per heavy atom. The lowest BCUT2D eigenvalue weighted by Gasteiger charge is -2.00. The van der Waals surface area contributed by atoms with E-state index in [1.165, 1.54) is 0 Å². The maximum atomic E-state index is 11.2. The minimum absolute atomic E-state index is 0.0234. The number of rotatable bonds is 7. The summed E-state index contributed by atoms with van der Waals surface area (Å²) in [5, 5.41) is 8.22. The Bertz CT molecular complexity index is 251. The van der Waals surface area contributed by atoms with Crippen LogP contribution >= 0.6 is 0 Å². The molecule has 0 aromatic heterocycles. The van der Waals surface area contributed by atoms with Crippen molar-refractivity contribution >= 4 is 9.84 Å². The maximum absolute atomic E-state index is 11.2. The second kappa shape index (κ2) is 6.90. The maximum Gasteiger partial charge on any atom is 0.151 e. The number of hydrogen-bond acceptors (Lipinski definition) is 3. The fourth-order valence-corrected chi connectivity index (χ4v) is 2.30. The summed E-state index contributed by atoms with van der Waals surface area (Å²) in [6, 6.07) is 1.85. The lowest BCUT2D eigenvalue weighted by molar-refractivity contribution is 0.589. The summed E-state index contributed by atoms with van der Waals surface area (Å²) >= 11 is 0. The lowest BCUT2D eigenvalue weighted by atomic mass is 10.2. The van der Waals surface area contributed by atoms with Crippen molar-refractivity contribution in [2.75, 3.05) is 11.5 Å². The first-order chi connectivity index (χ1) is 6.12. The second-order valence-corrected chi connectivity index (χ2v) is 5.42. The molecule has 0 aliphatic rings. The Balaban J connectivity index is 3.59. The number of hydrogen-bond donors (Lipinski definition) is 0. The Kier molecular flexibility index (Phi) is 6.61. The molecule has 0 saturated heterocycles. The zero-order chi connectivity index (χ0) is 10.2. The molecular weight excluding hydrogens is 186 g/mol. The van der Waals surface area contributed by atoms with Gasteiger partial charge in [0.15, 0.2) is 9.84 Å². The Hall–Kier alpha value is -0.560. The normalized spacial score (nSPS) is 11.1. The van der Waals surface area contributed by atoms with Crippen molar-refractivity contribution < 1.29 is 8.42 Å². The van der Waals surface area contributed by atoms with E-state index < -0.39 is 9.84 Å². The van der Waals surface area contributed by atoms with Gasteiger partial charge < -0.3 is 0 Å². The van der Waals surface area contributed by atoms with Crippen LogP contribution in [0.2, 0.25) is 0 Å². The first kappa shape index (κ1) is 12.4. The molecule has 0 heterocycles. The molecule has 0 N–H and O–H groups in total. The van der Waals surface area contributed by atoms with Crippen LogP contribution in [0, 0.1) is 11.3 Å². The third kappa shape index (κ3) is 7.79. The summed E-state index contributed by atoms with van der Waals surface area (Å²) in [5.74, 6) is 0.268. The highest BCUT2D eigenvalue weighted by atomic mass is 32.2. The van der Waals surface area contributed by atoms with Gasteiger partial charge in [0.05, 0.1) is 17.6 Å². The number of nitrogens with zero attached hydrogens (tertiary/aromatic N) is 1. The molecule has 0 spiro atoms. The van der Waals surface area contributed by atoms with Crippen LogP contribution in [0.1, 0.15) is 39.0 Å². The van der Waals surface area contributed by atoms with E-state index in [4.69, 9.17) is 5.26 Å². The zero-order valence-electron chi connectivity index (χ0n) is 8.12. The van der Waals surface area contributed by atoms with Crippen LogP contribution in [-0.2, 0) is 9.84 Å². The molecule has 0 aliphatic carbocycles. The van der Waals surface area contributed by atoms with Crippen LogP contribution in [0.5, 0.6) is 0 Å². The number of unbranched alkanes of at least 4 members (excludes halogenated alkanes) is 3. The molecule has 0 aromatic carbocycles. The van der Waals surface area contributed by atoms with Gasteiger partial charge in [-0.15, -0.1) is 0 Å². The summed E-state index contributed by atoms with van der Waals surface area (Å²) in [5.41, 5.74) is 0. The van der Waals surface area contributed by atoms with Gasteiger partial charge in [-0.3, -0.25) is 0 Å². The van der Waals surface area contributed by atoms with Gasteiger partial charge in [0, 0.05) is 6.42 Å². The van der Waals surface area contributed by atoms with Crippen LogP contribution in [0.4, 0.5) is 0 Å². The molecular formula is C9H17NO2S. The highest BCUT2D eigenvalue weighted by molar-refractivity contribution is 7.91. The van der Waals surface area contributed by atoms with Gasteiger partial charge >= 0.3 is 0 Å². The SMILES string of the molecule is CCCCCCS(=O)(=O)CCC#N. The van der Waals surface area contributed by atoms with Gasteiger partial charge in [0.1, 0.15) is 0 Å². The van der Waals surface area contributed by atoms with E-state index in [0.717, 1.165) is 25.7 Å². The molecule has 0 bridgehead atoms. The predicted octanol–water partition coefficient (Wildman–Crippen LogP) is 1.90. The summed E-state index contributed by atoms with van der Waals surface area (Å²) in [4.78, 5) is 0. The summed E-state index contributed by atoms with van der Waals surface area (Å²) < 4.78 is 22.4. The molecule has 0 aromatic rings. The molecule has 76 valence electrons. The van der Waals surface area contributed by atoms with E-state index in [1.807, 2.05) is 6.07 Å². The minimum Gasteiger partial charge on any atom is -0.229 e. The molecule has 4 heteroatoms. The Morgan fingerprint density at radius 2 is 1.85 bits per heavy atom. The fraction of sp³-hybridized carbons (Fsp3) is 0.889. The van der Waals surface area contributed by atoms with Gasteiger partial charge in [0.25, 0.3) is 0 Å². The summed E-state index contributed by atoms with van der Waals surface area (Å²) in [6.07, 6.45) is 4.03. The summed E-state index contributed by atoms with van der Waals surface area (Å²) in [7, 11) is -2.95. The van der Waals surface area contributed by atoms with Gasteiger partial charge in [-0.25, -0.2) is 8.42 Å². The van der Waals surface area contributed by atoms with E-state index in [0.29, 0.717) is 0 Å². The minimum atomic E-state index is -2.95. The van der Waals surface area contributed by atoms with Crippen LogP contribution < -0.4 is 0 Å². The smallest absolute Gasteiger partial charge is 0.151 e. The number of sulfone groups is 1. The molecule has 0 rings (SSSR count). The Labute approximate surface area is 80.7 Å². The van der Waals surface area contributed by atoms with Crippen molar-refractivity contribution in [3.05, 3.63) is 0 Å². The monoisotopic (exact) mass is 203 g/mol. The third-order valence-electron chi connectivity index (χ3n) is 1.83. The fourth-order valence-electron chi connectivity index (χ4n) is 1.05. The summed E-state index contributed by atoms with van der Waals surface area (Å²) in [6.45, 7) is 2.09. The molecule has 0 amide bonds. The predicted molar refractivity (Wildman–Crippen MR) is 53.0 cm³/mol. The quantitative estimate of drug-likeness (QED) is 0.594. The molecule has 0 radical (unpaired) electrons. The first-order valence-corrected chi connectivity index (χ1v) is 6.52. The molecule has 0 unspecified atom stereocenters. The average molecular weight is 203 g/mol. The van der Waals surface area contributed by atoms with Crippen LogP contribution in [0.25, 0.3) is 0 Å². The van der Waals surface area contributed by atoms with Gasteiger partial charge in [-0.2, -0.15) is 5.26 Å². The molecule has 0 atom stereocenters. The molecule has 0 aliphatic heterocycles. The van der Waals surface area contributed by atoms with Gasteiger partial charge in [-0.1, -0.05) is 26.2 Å². The Morgan fingerprint density at radius 1 is 1.15 bits per heavy atom. The van der Waals surface area contributed by atoms with E-state index in [-0.39, 0.29) is 17.9 Å². The largest absolute Gasteiger partial charge is 0.229 e. The zero-order valence-corrected chi connectivity index (χ0v) is 8.94. The van der Waals surface area contributed by atoms with Gasteiger partial charge in [0.2, 0.25) is 0 Å². The third-order valence-corrected chi connectivity index (χ3v) is 3.57. The molecule has 0 fully saturated rings. The molecule has 13 heavy (non-hydrogen) atoms. The van der Waals surface area contributed by atoms with E-state index in [1.54, 1.807) is 0 Å². The topological polar surface area (TPSA) is 57.9 Å². The highest BCUT2D eigenvalue weighted by Crippen LogP contribution is 2.03. The van der Waals surface area contributed by atoms with Crippen molar-refractivity contribution in [3.8, 4) is 6.07 Å². The lowest BCUT2D eigenvalue weighted by Crippen LogP contribution is -2.10.